The fourth-order valence-corrected chi connectivity index (χ4v) is 5.74. The Balaban J connectivity index is 4.47. The zero-order valence-electron chi connectivity index (χ0n) is 35.6. The van der Waals surface area contributed by atoms with Crippen LogP contribution in [0.5, 0.6) is 0 Å². The highest BCUT2D eigenvalue weighted by molar-refractivity contribution is 5.70. The molecule has 0 radical (unpaired) electrons. The first-order chi connectivity index (χ1) is 26.6. The number of carboxylic acids is 1. The second kappa shape index (κ2) is 37.7. The van der Waals surface area contributed by atoms with E-state index in [4.69, 9.17) is 14.2 Å². The van der Waals surface area contributed by atoms with E-state index >= 15 is 0 Å². The first-order valence-corrected chi connectivity index (χ1v) is 21.5. The summed E-state index contributed by atoms with van der Waals surface area (Å²) < 4.78 is 17.1. The number of allylic oxidation sites excluding steroid dienone is 12. The lowest BCUT2D eigenvalue weighted by atomic mass is 10.1. The van der Waals surface area contributed by atoms with Crippen LogP contribution >= 0.6 is 0 Å². The molecule has 0 saturated carbocycles. The van der Waals surface area contributed by atoms with E-state index in [9.17, 15) is 19.5 Å². The highest BCUT2D eigenvalue weighted by Gasteiger charge is 2.25. The summed E-state index contributed by atoms with van der Waals surface area (Å²) in [6.45, 7) is 4.45. The molecule has 0 bridgehead atoms. The van der Waals surface area contributed by atoms with Crippen molar-refractivity contribution >= 4 is 17.9 Å². The summed E-state index contributed by atoms with van der Waals surface area (Å²) >= 11 is 0. The minimum absolute atomic E-state index is 0.0155. The van der Waals surface area contributed by atoms with Crippen LogP contribution in [0, 0.1) is 0 Å². The Morgan fingerprint density at radius 1 is 0.564 bits per heavy atom. The molecule has 8 nitrogen and oxygen atoms in total. The maximum absolute atomic E-state index is 12.7. The van der Waals surface area contributed by atoms with Gasteiger partial charge in [-0.3, -0.25) is 9.59 Å². The van der Waals surface area contributed by atoms with Crippen LogP contribution in [0.4, 0.5) is 0 Å². The van der Waals surface area contributed by atoms with Crippen LogP contribution in [0.3, 0.4) is 0 Å². The molecular formula is C47H79NO7. The van der Waals surface area contributed by atoms with Gasteiger partial charge in [0.25, 0.3) is 0 Å². The molecule has 2 atom stereocenters. The number of rotatable bonds is 37. The monoisotopic (exact) mass is 770 g/mol. The summed E-state index contributed by atoms with van der Waals surface area (Å²) in [6.07, 6.45) is 46.4. The average Bonchev–Trinajstić information content (AvgIpc) is 3.14. The lowest BCUT2D eigenvalue weighted by Crippen LogP contribution is -2.55. The molecule has 55 heavy (non-hydrogen) atoms. The zero-order chi connectivity index (χ0) is 40.7. The number of hydrogen-bond acceptors (Lipinski definition) is 7. The maximum Gasteiger partial charge on any atom is 0.306 e. The van der Waals surface area contributed by atoms with Crippen molar-refractivity contribution in [2.24, 2.45) is 0 Å². The summed E-state index contributed by atoms with van der Waals surface area (Å²) in [5.74, 6) is -1.82. The molecule has 8 heteroatoms. The Morgan fingerprint density at radius 3 is 1.55 bits per heavy atom. The molecule has 0 aromatic heterocycles. The van der Waals surface area contributed by atoms with E-state index in [0.717, 1.165) is 83.5 Å². The summed E-state index contributed by atoms with van der Waals surface area (Å²) in [4.78, 5) is 36.8. The number of hydrogen-bond donors (Lipinski definition) is 0. The van der Waals surface area contributed by atoms with Crippen LogP contribution in [0.1, 0.15) is 155 Å². The van der Waals surface area contributed by atoms with Crippen LogP contribution < -0.4 is 5.11 Å². The van der Waals surface area contributed by atoms with Gasteiger partial charge in [0.05, 0.1) is 40.3 Å². The van der Waals surface area contributed by atoms with E-state index in [1.54, 1.807) is 21.1 Å². The van der Waals surface area contributed by atoms with Crippen molar-refractivity contribution in [3.05, 3.63) is 72.9 Å². The Hall–Kier alpha value is -3.23. The number of carboxylic acid groups (broad SMARTS) is 1. The smallest absolute Gasteiger partial charge is 0.306 e. The van der Waals surface area contributed by atoms with Crippen molar-refractivity contribution in [2.45, 2.75) is 167 Å². The summed E-state index contributed by atoms with van der Waals surface area (Å²) in [7, 11) is 5.38. The van der Waals surface area contributed by atoms with Gasteiger partial charge in [0.2, 0.25) is 0 Å². The third kappa shape index (κ3) is 36.2. The van der Waals surface area contributed by atoms with Crippen LogP contribution in [-0.2, 0) is 28.6 Å². The van der Waals surface area contributed by atoms with E-state index in [-0.39, 0.29) is 49.1 Å². The fraction of sp³-hybridized carbons (Fsp3) is 0.681. The Bertz CT molecular complexity index is 1130. The van der Waals surface area contributed by atoms with Crippen molar-refractivity contribution in [1.29, 1.82) is 0 Å². The van der Waals surface area contributed by atoms with Crippen LogP contribution in [0.2, 0.25) is 0 Å². The zero-order valence-corrected chi connectivity index (χ0v) is 35.6. The molecule has 0 aromatic carbocycles. The summed E-state index contributed by atoms with van der Waals surface area (Å²) in [6, 6.07) is -0.738. The van der Waals surface area contributed by atoms with E-state index in [1.165, 1.54) is 32.1 Å². The number of nitrogens with zero attached hydrogens (tertiary/aromatic N) is 1. The van der Waals surface area contributed by atoms with Gasteiger partial charge in [-0.25, -0.2) is 0 Å². The third-order valence-electron chi connectivity index (χ3n) is 9.08. The highest BCUT2D eigenvalue weighted by Crippen LogP contribution is 2.12. The lowest BCUT2D eigenvalue weighted by Gasteiger charge is -2.34. The molecule has 0 saturated heterocycles. The van der Waals surface area contributed by atoms with Crippen molar-refractivity contribution in [3.63, 3.8) is 0 Å². The van der Waals surface area contributed by atoms with Gasteiger partial charge in [0.15, 0.2) is 6.10 Å². The van der Waals surface area contributed by atoms with Crippen LogP contribution in [-0.4, -0.2) is 75.5 Å². The third-order valence-corrected chi connectivity index (χ3v) is 9.08. The molecule has 0 fully saturated rings. The normalized spacial score (nSPS) is 13.7. The molecule has 2 unspecified atom stereocenters. The number of aliphatic carboxylic acids is 1. The van der Waals surface area contributed by atoms with Crippen molar-refractivity contribution in [2.75, 3.05) is 41.0 Å². The van der Waals surface area contributed by atoms with Gasteiger partial charge in [-0.05, 0) is 83.5 Å². The molecule has 0 N–H and O–H groups in total. The average molecular weight is 770 g/mol. The predicted octanol–water partition coefficient (Wildman–Crippen LogP) is 10.2. The second-order valence-corrected chi connectivity index (χ2v) is 15.2. The molecular weight excluding hydrogens is 691 g/mol. The Kier molecular flexibility index (Phi) is 35.5. The van der Waals surface area contributed by atoms with Gasteiger partial charge in [-0.15, -0.1) is 0 Å². The standard InChI is InChI=1S/C47H79NO7/c1-6-8-10-12-14-16-18-20-22-24-25-27-29-31-33-35-37-45(49)54-42-43(41-53-40-39-44(47(51)52)48(3,4)5)55-46(50)38-36-34-32-30-28-26-23-21-19-17-15-13-11-9-7-2/h9,11,15-18,21-24,28,30,43-44H,6-8,10,12-14,19-20,25-27,29,31-42H2,1-5H3/b11-9-,17-15-,18-16-,23-21-,24-22-,30-28-. The van der Waals surface area contributed by atoms with Gasteiger partial charge in [0, 0.05) is 19.3 Å². The molecule has 0 rings (SSSR count). The van der Waals surface area contributed by atoms with Gasteiger partial charge < -0.3 is 28.6 Å². The Labute approximate surface area is 336 Å². The summed E-state index contributed by atoms with van der Waals surface area (Å²) in [5, 5.41) is 11.6. The number of carbonyl (C=O) groups is 3. The van der Waals surface area contributed by atoms with Gasteiger partial charge in [-0.1, -0.05) is 125 Å². The quantitative estimate of drug-likeness (QED) is 0.0268. The lowest BCUT2D eigenvalue weighted by molar-refractivity contribution is -0.889. The molecule has 0 aliphatic rings. The van der Waals surface area contributed by atoms with E-state index in [2.05, 4.69) is 86.8 Å². The van der Waals surface area contributed by atoms with Gasteiger partial charge >= 0.3 is 11.9 Å². The minimum Gasteiger partial charge on any atom is -0.544 e. The SMILES string of the molecule is CC/C=C\C/C=C\C/C=C\C/C=C\CCCCC(=O)OC(COCCC(C(=O)[O-])[N+](C)(C)C)COC(=O)CCCCCCC/C=C\C/C=C\CCCCCC. The minimum atomic E-state index is -1.14. The van der Waals surface area contributed by atoms with Gasteiger partial charge in [0.1, 0.15) is 12.6 Å². The van der Waals surface area contributed by atoms with E-state index < -0.39 is 18.1 Å². The number of unbranched alkanes of at least 4 members (excludes halogenated alkanes) is 11. The number of ether oxygens (including phenoxy) is 3. The molecule has 0 amide bonds. The number of carbonyl (C=O) groups excluding carboxylic acids is 3. The number of quaternary nitrogens is 1. The van der Waals surface area contributed by atoms with E-state index in [1.807, 2.05) is 0 Å². The predicted molar refractivity (Wildman–Crippen MR) is 226 cm³/mol. The van der Waals surface area contributed by atoms with Crippen molar-refractivity contribution in [3.8, 4) is 0 Å². The van der Waals surface area contributed by atoms with E-state index in [0.29, 0.717) is 12.8 Å². The first-order valence-electron chi connectivity index (χ1n) is 21.5. The topological polar surface area (TPSA) is 102 Å². The maximum atomic E-state index is 12.7. The van der Waals surface area contributed by atoms with Gasteiger partial charge in [-0.2, -0.15) is 0 Å². The molecule has 314 valence electrons. The number of likely N-dealkylation sites (N-methyl/N-ethyl adjacent to an activating group) is 1. The van der Waals surface area contributed by atoms with Crippen LogP contribution in [0.15, 0.2) is 72.9 Å². The van der Waals surface area contributed by atoms with Crippen molar-refractivity contribution < 1.29 is 38.2 Å². The molecule has 0 aliphatic heterocycles. The molecule has 0 aliphatic carbocycles. The number of esters is 2. The molecule has 0 heterocycles. The first kappa shape index (κ1) is 51.8. The molecule has 0 spiro atoms. The summed E-state index contributed by atoms with van der Waals surface area (Å²) in [5.41, 5.74) is 0. The largest absolute Gasteiger partial charge is 0.544 e. The Morgan fingerprint density at radius 2 is 1.02 bits per heavy atom. The highest BCUT2D eigenvalue weighted by atomic mass is 16.6. The molecule has 0 aromatic rings. The fourth-order valence-electron chi connectivity index (χ4n) is 5.74. The second-order valence-electron chi connectivity index (χ2n) is 15.2. The van der Waals surface area contributed by atoms with Crippen LogP contribution in [0.25, 0.3) is 0 Å². The van der Waals surface area contributed by atoms with Crippen molar-refractivity contribution in [1.82, 2.24) is 0 Å².